The maximum Gasteiger partial charge on any atom is 0.297 e. The second kappa shape index (κ2) is 2.56. The summed E-state index contributed by atoms with van der Waals surface area (Å²) in [7, 11) is 0. The summed E-state index contributed by atoms with van der Waals surface area (Å²) in [6, 6.07) is 2.07. The summed E-state index contributed by atoms with van der Waals surface area (Å²) in [5.41, 5.74) is 4.09. The van der Waals surface area contributed by atoms with E-state index in [1.165, 1.54) is 0 Å². The molecule has 0 aliphatic carbocycles. The number of halogens is 1. The predicted molar refractivity (Wildman–Crippen MR) is 41.4 cm³/mol. The van der Waals surface area contributed by atoms with Crippen molar-refractivity contribution in [1.29, 1.82) is 0 Å². The Morgan fingerprint density at radius 1 is 1.38 bits per heavy atom. The van der Waals surface area contributed by atoms with Gasteiger partial charge in [0, 0.05) is 6.07 Å². The molecule has 0 aromatic heterocycles. The monoisotopic (exact) mass is 185 g/mol. The molecule has 0 saturated carbocycles. The first-order valence-corrected chi connectivity index (χ1v) is 3.35. The molecule has 13 heavy (non-hydrogen) atoms. The number of hydrogen-bond acceptors (Lipinski definition) is 5. The van der Waals surface area contributed by atoms with E-state index in [9.17, 15) is 14.5 Å². The van der Waals surface area contributed by atoms with Gasteiger partial charge >= 0.3 is 0 Å². The van der Waals surface area contributed by atoms with Crippen LogP contribution in [0.3, 0.4) is 0 Å². The third-order valence-electron chi connectivity index (χ3n) is 1.64. The molecule has 1 aliphatic heterocycles. The molecular formula is C6H4FN3O3. The Labute approximate surface area is 71.4 Å². The Morgan fingerprint density at radius 2 is 2.08 bits per heavy atom. The fourth-order valence-electron chi connectivity index (χ4n) is 1.05. The Morgan fingerprint density at radius 3 is 2.77 bits per heavy atom. The lowest BCUT2D eigenvalue weighted by Crippen LogP contribution is -1.96. The quantitative estimate of drug-likeness (QED) is 0.511. The van der Waals surface area contributed by atoms with Gasteiger partial charge in [0.1, 0.15) is 5.69 Å². The van der Waals surface area contributed by atoms with Gasteiger partial charge in [-0.1, -0.05) is 0 Å². The average Bonchev–Trinajstić information content (AvgIpc) is 2.53. The van der Waals surface area contributed by atoms with E-state index in [1.54, 1.807) is 0 Å². The second-order valence-corrected chi connectivity index (χ2v) is 2.38. The van der Waals surface area contributed by atoms with E-state index in [0.717, 1.165) is 12.1 Å². The highest BCUT2D eigenvalue weighted by atomic mass is 19.1. The molecule has 68 valence electrons. The first-order chi connectivity index (χ1) is 6.20. The third kappa shape index (κ3) is 1.05. The molecule has 0 unspecified atom stereocenters. The van der Waals surface area contributed by atoms with Crippen LogP contribution in [0.1, 0.15) is 0 Å². The summed E-state index contributed by atoms with van der Waals surface area (Å²) >= 11 is 0. The topological polar surface area (TPSA) is 76.4 Å². The molecule has 0 amide bonds. The van der Waals surface area contributed by atoms with Crippen LogP contribution in [0, 0.1) is 15.9 Å². The van der Waals surface area contributed by atoms with Crippen molar-refractivity contribution in [3.8, 4) is 0 Å². The van der Waals surface area contributed by atoms with Crippen LogP contribution < -0.4 is 11.0 Å². The molecule has 6 nitrogen and oxygen atoms in total. The minimum atomic E-state index is -0.623. The second-order valence-electron chi connectivity index (χ2n) is 2.38. The first kappa shape index (κ1) is 7.74. The molecule has 0 spiro atoms. The highest BCUT2D eigenvalue weighted by Crippen LogP contribution is 2.37. The van der Waals surface area contributed by atoms with Crippen LogP contribution in [-0.4, -0.2) is 4.92 Å². The molecule has 0 bridgehead atoms. The molecule has 1 heterocycles. The van der Waals surface area contributed by atoms with Gasteiger partial charge < -0.3 is 0 Å². The van der Waals surface area contributed by atoms with E-state index in [1.807, 2.05) is 0 Å². The number of nitro benzene ring substituents is 1. The van der Waals surface area contributed by atoms with Gasteiger partial charge in [0.15, 0.2) is 11.5 Å². The summed E-state index contributed by atoms with van der Waals surface area (Å²) in [5, 5.41) is 10.4. The van der Waals surface area contributed by atoms with Crippen LogP contribution in [0.25, 0.3) is 0 Å². The van der Waals surface area contributed by atoms with Crippen LogP contribution in [0.4, 0.5) is 21.5 Å². The number of nitrogens with one attached hydrogen (secondary N) is 2. The highest BCUT2D eigenvalue weighted by molar-refractivity contribution is 5.79. The van der Waals surface area contributed by atoms with Gasteiger partial charge in [-0.2, -0.15) is 4.94 Å². The maximum absolute atomic E-state index is 12.9. The Kier molecular flexibility index (Phi) is 1.52. The molecule has 2 rings (SSSR count). The highest BCUT2D eigenvalue weighted by Gasteiger charge is 2.25. The lowest BCUT2D eigenvalue weighted by Gasteiger charge is -1.97. The fraction of sp³-hybridized carbons (Fsp3) is 0. The van der Waals surface area contributed by atoms with Crippen LogP contribution in [0.15, 0.2) is 12.1 Å². The number of benzene rings is 1. The molecule has 2 N–H and O–H groups in total. The van der Waals surface area contributed by atoms with E-state index >= 15 is 0 Å². The molecule has 0 fully saturated rings. The molecular weight excluding hydrogens is 181 g/mol. The molecule has 1 aromatic rings. The minimum Gasteiger partial charge on any atom is -0.258 e. The molecule has 0 atom stereocenters. The van der Waals surface area contributed by atoms with Gasteiger partial charge in [-0.3, -0.25) is 10.1 Å². The zero-order chi connectivity index (χ0) is 9.42. The minimum absolute atomic E-state index is 0.00463. The lowest BCUT2D eigenvalue weighted by atomic mass is 10.2. The van der Waals surface area contributed by atoms with Crippen LogP contribution in [0.2, 0.25) is 0 Å². The van der Waals surface area contributed by atoms with Crippen LogP contribution >= 0.6 is 0 Å². The van der Waals surface area contributed by atoms with Gasteiger partial charge in [-0.15, -0.1) is 0 Å². The summed E-state index contributed by atoms with van der Waals surface area (Å²) in [5.74, 6) is -0.606. The SMILES string of the molecule is O=[N+]([O-])c1ccc(F)c2c1NON2. The van der Waals surface area contributed by atoms with Crippen molar-refractivity contribution >= 4 is 17.1 Å². The summed E-state index contributed by atoms with van der Waals surface area (Å²) in [4.78, 5) is 14.3. The number of hydrogen-bond donors (Lipinski definition) is 2. The van der Waals surface area contributed by atoms with E-state index in [4.69, 9.17) is 0 Å². The van der Waals surface area contributed by atoms with Gasteiger partial charge in [0.05, 0.1) is 4.92 Å². The number of fused-ring (bicyclic) bond motifs is 1. The van der Waals surface area contributed by atoms with Gasteiger partial charge in [0.2, 0.25) is 0 Å². The first-order valence-electron chi connectivity index (χ1n) is 3.35. The largest absolute Gasteiger partial charge is 0.297 e. The smallest absolute Gasteiger partial charge is 0.258 e. The van der Waals surface area contributed by atoms with Crippen LogP contribution in [-0.2, 0) is 4.94 Å². The van der Waals surface area contributed by atoms with E-state index < -0.39 is 10.7 Å². The summed E-state index contributed by atoms with van der Waals surface area (Å²) in [6.45, 7) is 0. The van der Waals surface area contributed by atoms with Crippen molar-refractivity contribution in [3.63, 3.8) is 0 Å². The Bertz CT molecular complexity index is 382. The van der Waals surface area contributed by atoms with E-state index in [2.05, 4.69) is 15.9 Å². The third-order valence-corrected chi connectivity index (χ3v) is 1.64. The van der Waals surface area contributed by atoms with E-state index in [0.29, 0.717) is 0 Å². The van der Waals surface area contributed by atoms with Crippen molar-refractivity contribution < 1.29 is 14.3 Å². The fourth-order valence-corrected chi connectivity index (χ4v) is 1.05. The zero-order valence-corrected chi connectivity index (χ0v) is 6.20. The summed E-state index contributed by atoms with van der Waals surface area (Å²) < 4.78 is 12.9. The number of anilines is 2. The molecule has 0 radical (unpaired) electrons. The molecule has 0 saturated heterocycles. The normalized spacial score (nSPS) is 13.0. The average molecular weight is 185 g/mol. The number of nitrogens with zero attached hydrogens (tertiary/aromatic N) is 1. The van der Waals surface area contributed by atoms with Gasteiger partial charge in [0.25, 0.3) is 5.69 Å². The standard InChI is InChI=1S/C6H4FN3O3/c7-3-1-2-4(10(11)12)6-5(3)8-13-9-6/h1-2,8-9H. The number of nitro groups is 1. The van der Waals surface area contributed by atoms with E-state index in [-0.39, 0.29) is 17.1 Å². The molecule has 1 aromatic carbocycles. The van der Waals surface area contributed by atoms with Crippen molar-refractivity contribution in [1.82, 2.24) is 0 Å². The number of rotatable bonds is 1. The lowest BCUT2D eigenvalue weighted by molar-refractivity contribution is -0.384. The Balaban J connectivity index is 2.62. The van der Waals surface area contributed by atoms with Gasteiger partial charge in [-0.05, 0) is 6.07 Å². The van der Waals surface area contributed by atoms with Crippen molar-refractivity contribution in [3.05, 3.63) is 28.1 Å². The van der Waals surface area contributed by atoms with Crippen molar-refractivity contribution in [2.45, 2.75) is 0 Å². The van der Waals surface area contributed by atoms with Crippen molar-refractivity contribution in [2.75, 3.05) is 11.0 Å². The molecule has 1 aliphatic rings. The van der Waals surface area contributed by atoms with Gasteiger partial charge in [-0.25, -0.2) is 15.4 Å². The maximum atomic E-state index is 12.9. The zero-order valence-electron chi connectivity index (χ0n) is 6.20. The summed E-state index contributed by atoms with van der Waals surface area (Å²) in [6.07, 6.45) is 0. The van der Waals surface area contributed by atoms with Crippen molar-refractivity contribution in [2.24, 2.45) is 0 Å². The molecule has 7 heteroatoms. The van der Waals surface area contributed by atoms with Crippen LogP contribution in [0.5, 0.6) is 0 Å². The Hall–Kier alpha value is -1.89. The predicted octanol–water partition coefficient (Wildman–Crippen LogP) is 1.42.